The number of rotatable bonds is 7. The van der Waals surface area contributed by atoms with Gasteiger partial charge in [-0.25, -0.2) is 13.4 Å². The van der Waals surface area contributed by atoms with Crippen molar-refractivity contribution in [3.63, 3.8) is 0 Å². The van der Waals surface area contributed by atoms with Crippen molar-refractivity contribution in [3.8, 4) is 0 Å². The minimum absolute atomic E-state index is 0.00840. The monoisotopic (exact) mass is 404 g/mol. The Hall–Kier alpha value is -2.29. The number of carbonyl (C=O) groups excluding carboxylic acids is 1. The second kappa shape index (κ2) is 8.16. The molecule has 8 heteroatoms. The Morgan fingerprint density at radius 2 is 1.78 bits per heavy atom. The first-order valence-corrected chi connectivity index (χ1v) is 10.8. The molecule has 0 aliphatic heterocycles. The Morgan fingerprint density at radius 1 is 1.11 bits per heavy atom. The van der Waals surface area contributed by atoms with Crippen LogP contribution in [0.5, 0.6) is 0 Å². The van der Waals surface area contributed by atoms with Gasteiger partial charge in [0.2, 0.25) is 10.0 Å². The van der Waals surface area contributed by atoms with Gasteiger partial charge in [-0.3, -0.25) is 4.79 Å². The van der Waals surface area contributed by atoms with Crippen molar-refractivity contribution in [1.82, 2.24) is 9.71 Å². The number of esters is 1. The van der Waals surface area contributed by atoms with Crippen LogP contribution in [0, 0.1) is 5.92 Å². The van der Waals surface area contributed by atoms with Crippen molar-refractivity contribution in [2.45, 2.75) is 31.4 Å². The number of nitrogens with one attached hydrogen (secondary N) is 1. The zero-order valence-corrected chi connectivity index (χ0v) is 16.6. The minimum atomic E-state index is -3.82. The van der Waals surface area contributed by atoms with E-state index in [2.05, 4.69) is 9.71 Å². The third kappa shape index (κ3) is 4.71. The predicted octanol–water partition coefficient (Wildman–Crippen LogP) is 3.34. The number of hydrogen-bond acceptors (Lipinski definition) is 6. The predicted molar refractivity (Wildman–Crippen MR) is 105 cm³/mol. The van der Waals surface area contributed by atoms with E-state index in [4.69, 9.17) is 4.74 Å². The molecule has 0 amide bonds. The molecule has 142 valence electrons. The van der Waals surface area contributed by atoms with Crippen LogP contribution >= 0.6 is 11.3 Å². The lowest BCUT2D eigenvalue weighted by Gasteiger charge is -2.20. The van der Waals surface area contributed by atoms with Crippen LogP contribution in [0.15, 0.2) is 59.5 Å². The zero-order valence-electron chi connectivity index (χ0n) is 15.0. The lowest BCUT2D eigenvalue weighted by atomic mass is 10.1. The Bertz CT molecular complexity index is 997. The number of fused-ring (bicyclic) bond motifs is 1. The molecular weight excluding hydrogens is 384 g/mol. The van der Waals surface area contributed by atoms with E-state index in [1.54, 1.807) is 32.0 Å². The maximum atomic E-state index is 12.5. The highest BCUT2D eigenvalue weighted by Gasteiger charge is 2.29. The molecule has 0 unspecified atom stereocenters. The van der Waals surface area contributed by atoms with Crippen LogP contribution in [0.3, 0.4) is 0 Å². The molecular formula is C19H20N2O4S2. The summed E-state index contributed by atoms with van der Waals surface area (Å²) < 4.78 is 33.8. The maximum absolute atomic E-state index is 12.5. The van der Waals surface area contributed by atoms with Crippen molar-refractivity contribution >= 4 is 37.5 Å². The number of carbonyl (C=O) groups is 1. The topological polar surface area (TPSA) is 85.4 Å². The van der Waals surface area contributed by atoms with Crippen molar-refractivity contribution in [3.05, 3.63) is 59.6 Å². The molecule has 0 fully saturated rings. The van der Waals surface area contributed by atoms with Crippen LogP contribution in [0.4, 0.5) is 0 Å². The van der Waals surface area contributed by atoms with E-state index in [9.17, 15) is 13.2 Å². The first-order chi connectivity index (χ1) is 12.9. The Labute approximate surface area is 162 Å². The number of sulfonamides is 1. The third-order valence-electron chi connectivity index (χ3n) is 3.93. The average Bonchev–Trinajstić information content (AvgIpc) is 3.08. The fraction of sp³-hybridized carbons (Fsp3) is 0.263. The fourth-order valence-electron chi connectivity index (χ4n) is 2.50. The summed E-state index contributed by atoms with van der Waals surface area (Å²) in [6, 6.07) is 14.6. The molecule has 1 atom stereocenters. The Kier molecular flexibility index (Phi) is 5.88. The van der Waals surface area contributed by atoms with E-state index >= 15 is 0 Å². The van der Waals surface area contributed by atoms with Crippen LogP contribution < -0.4 is 4.72 Å². The van der Waals surface area contributed by atoms with Crippen LogP contribution in [0.2, 0.25) is 0 Å². The van der Waals surface area contributed by atoms with Gasteiger partial charge in [0, 0.05) is 0 Å². The van der Waals surface area contributed by atoms with Crippen molar-refractivity contribution < 1.29 is 17.9 Å². The summed E-state index contributed by atoms with van der Waals surface area (Å²) in [5.41, 5.74) is 0.846. The summed E-state index contributed by atoms with van der Waals surface area (Å²) in [4.78, 5) is 17.0. The molecule has 1 aromatic heterocycles. The van der Waals surface area contributed by atoms with E-state index < -0.39 is 22.0 Å². The number of hydrogen-bond donors (Lipinski definition) is 1. The van der Waals surface area contributed by atoms with Crippen molar-refractivity contribution in [2.75, 3.05) is 0 Å². The fourth-order valence-corrected chi connectivity index (χ4v) is 4.73. The number of thiazole rings is 1. The lowest BCUT2D eigenvalue weighted by Crippen LogP contribution is -2.45. The van der Waals surface area contributed by atoms with E-state index in [0.717, 1.165) is 10.2 Å². The Balaban J connectivity index is 1.70. The maximum Gasteiger partial charge on any atom is 0.324 e. The lowest BCUT2D eigenvalue weighted by molar-refractivity contribution is -0.148. The molecule has 0 bridgehead atoms. The number of para-hydroxylation sites is 1. The highest BCUT2D eigenvalue weighted by Crippen LogP contribution is 2.22. The van der Waals surface area contributed by atoms with Gasteiger partial charge in [-0.2, -0.15) is 4.72 Å². The molecule has 27 heavy (non-hydrogen) atoms. The molecule has 0 aliphatic carbocycles. The molecule has 0 aliphatic rings. The highest BCUT2D eigenvalue weighted by atomic mass is 32.2. The summed E-state index contributed by atoms with van der Waals surface area (Å²) in [7, 11) is -3.82. The highest BCUT2D eigenvalue weighted by molar-refractivity contribution is 7.89. The molecule has 3 rings (SSSR count). The largest absolute Gasteiger partial charge is 0.457 e. The van der Waals surface area contributed by atoms with Crippen molar-refractivity contribution in [1.29, 1.82) is 0 Å². The SMILES string of the molecule is CC(C)[C@H](NS(=O)(=O)c1ccccc1)C(=O)OCc1nc2ccccc2s1. The summed E-state index contributed by atoms with van der Waals surface area (Å²) in [5, 5.41) is 0.665. The summed E-state index contributed by atoms with van der Waals surface area (Å²) in [6.45, 7) is 3.53. The minimum Gasteiger partial charge on any atom is -0.457 e. The molecule has 2 aromatic carbocycles. The summed E-state index contributed by atoms with van der Waals surface area (Å²) >= 11 is 1.44. The van der Waals surface area contributed by atoms with Crippen molar-refractivity contribution in [2.24, 2.45) is 5.92 Å². The second-order valence-corrected chi connectivity index (χ2v) is 9.17. The van der Waals surface area contributed by atoms with Gasteiger partial charge in [0.1, 0.15) is 17.7 Å². The number of aromatic nitrogens is 1. The molecule has 0 spiro atoms. The van der Waals surface area contributed by atoms with Gasteiger partial charge in [-0.1, -0.05) is 44.2 Å². The Morgan fingerprint density at radius 3 is 2.44 bits per heavy atom. The van der Waals surface area contributed by atoms with Gasteiger partial charge in [-0.05, 0) is 30.2 Å². The summed E-state index contributed by atoms with van der Waals surface area (Å²) in [5.74, 6) is -0.893. The number of nitrogens with zero attached hydrogens (tertiary/aromatic N) is 1. The molecule has 0 saturated heterocycles. The van der Waals surface area contributed by atoms with Gasteiger partial charge in [-0.15, -0.1) is 11.3 Å². The van der Waals surface area contributed by atoms with Crippen LogP contribution in [-0.2, 0) is 26.2 Å². The second-order valence-electron chi connectivity index (χ2n) is 6.34. The van der Waals surface area contributed by atoms with Gasteiger partial charge < -0.3 is 4.74 Å². The molecule has 0 saturated carbocycles. The first kappa shape index (κ1) is 19.5. The quantitative estimate of drug-likeness (QED) is 0.611. The van der Waals surface area contributed by atoms with Crippen LogP contribution in [0.1, 0.15) is 18.9 Å². The van der Waals surface area contributed by atoms with Gasteiger partial charge in [0.25, 0.3) is 0 Å². The van der Waals surface area contributed by atoms with E-state index in [1.807, 2.05) is 24.3 Å². The van der Waals surface area contributed by atoms with Gasteiger partial charge in [0.15, 0.2) is 0 Å². The van der Waals surface area contributed by atoms with Gasteiger partial charge in [0.05, 0.1) is 15.1 Å². The van der Waals surface area contributed by atoms with Crippen LogP contribution in [-0.4, -0.2) is 25.4 Å². The smallest absolute Gasteiger partial charge is 0.324 e. The number of ether oxygens (including phenoxy) is 1. The normalized spacial score (nSPS) is 13.0. The molecule has 1 N–H and O–H groups in total. The summed E-state index contributed by atoms with van der Waals surface area (Å²) in [6.07, 6.45) is 0. The first-order valence-electron chi connectivity index (χ1n) is 8.45. The van der Waals surface area contributed by atoms with Crippen LogP contribution in [0.25, 0.3) is 10.2 Å². The third-order valence-corrected chi connectivity index (χ3v) is 6.40. The zero-order chi connectivity index (χ0) is 19.4. The van der Waals surface area contributed by atoms with E-state index in [1.165, 1.54) is 23.5 Å². The molecule has 6 nitrogen and oxygen atoms in total. The average molecular weight is 405 g/mol. The van der Waals surface area contributed by atoms with E-state index in [0.29, 0.717) is 5.01 Å². The molecule has 0 radical (unpaired) electrons. The van der Waals surface area contributed by atoms with E-state index in [-0.39, 0.29) is 17.4 Å². The van der Waals surface area contributed by atoms with Gasteiger partial charge >= 0.3 is 5.97 Å². The number of benzene rings is 2. The molecule has 3 aromatic rings. The standard InChI is InChI=1S/C19H20N2O4S2/c1-13(2)18(21-27(23,24)14-8-4-3-5-9-14)19(22)25-12-17-20-15-10-6-7-11-16(15)26-17/h3-11,13,18,21H,12H2,1-2H3/t18-/m0/s1. The molecule has 1 heterocycles.